The topological polar surface area (TPSA) is 67.3 Å². The number of hydrogen-bond acceptors (Lipinski definition) is 5. The minimum absolute atomic E-state index is 0.337. The third kappa shape index (κ3) is 3.59. The second kappa shape index (κ2) is 7.07. The number of amides is 1. The van der Waals surface area contributed by atoms with E-state index in [4.69, 9.17) is 4.74 Å². The SMILES string of the molecule is CCOC(=O)Nc1ccc(N2CCCCC2CC)nn1. The Bertz CT molecular complexity index is 435. The van der Waals surface area contributed by atoms with E-state index in [-0.39, 0.29) is 0 Å². The van der Waals surface area contributed by atoms with Gasteiger partial charge in [-0.05, 0) is 44.7 Å². The lowest BCUT2D eigenvalue weighted by molar-refractivity contribution is 0.168. The van der Waals surface area contributed by atoms with Crippen molar-refractivity contribution in [3.63, 3.8) is 0 Å². The quantitative estimate of drug-likeness (QED) is 0.917. The Hall–Kier alpha value is -1.85. The number of rotatable bonds is 4. The van der Waals surface area contributed by atoms with Crippen molar-refractivity contribution in [1.82, 2.24) is 10.2 Å². The molecule has 2 rings (SSSR count). The van der Waals surface area contributed by atoms with E-state index in [1.54, 1.807) is 13.0 Å². The van der Waals surface area contributed by atoms with Crippen molar-refractivity contribution in [3.8, 4) is 0 Å². The molecule has 0 aromatic carbocycles. The van der Waals surface area contributed by atoms with Crippen molar-refractivity contribution in [1.29, 1.82) is 0 Å². The fourth-order valence-corrected chi connectivity index (χ4v) is 2.54. The number of aromatic nitrogens is 2. The molecule has 0 radical (unpaired) electrons. The number of anilines is 2. The molecule has 0 bridgehead atoms. The van der Waals surface area contributed by atoms with Gasteiger partial charge in [0, 0.05) is 12.6 Å². The van der Waals surface area contributed by atoms with Crippen molar-refractivity contribution in [2.24, 2.45) is 0 Å². The van der Waals surface area contributed by atoms with E-state index in [9.17, 15) is 4.79 Å². The first kappa shape index (κ1) is 14.6. The van der Waals surface area contributed by atoms with Gasteiger partial charge in [0.1, 0.15) is 0 Å². The number of nitrogens with one attached hydrogen (secondary N) is 1. The molecule has 110 valence electrons. The van der Waals surface area contributed by atoms with E-state index in [0.29, 0.717) is 18.5 Å². The van der Waals surface area contributed by atoms with Gasteiger partial charge in [-0.2, -0.15) is 0 Å². The predicted molar refractivity (Wildman–Crippen MR) is 78.0 cm³/mol. The van der Waals surface area contributed by atoms with E-state index in [2.05, 4.69) is 27.3 Å². The van der Waals surface area contributed by atoms with Crippen LogP contribution in [0.15, 0.2) is 12.1 Å². The van der Waals surface area contributed by atoms with E-state index in [0.717, 1.165) is 18.8 Å². The molecule has 1 atom stereocenters. The molecule has 1 N–H and O–H groups in total. The van der Waals surface area contributed by atoms with Crippen molar-refractivity contribution in [2.45, 2.75) is 45.6 Å². The third-order valence-corrected chi connectivity index (χ3v) is 3.55. The highest BCUT2D eigenvalue weighted by molar-refractivity contribution is 5.83. The Labute approximate surface area is 119 Å². The molecule has 2 heterocycles. The molecule has 6 nitrogen and oxygen atoms in total. The largest absolute Gasteiger partial charge is 0.450 e. The lowest BCUT2D eigenvalue weighted by Crippen LogP contribution is -2.39. The highest BCUT2D eigenvalue weighted by Crippen LogP contribution is 2.24. The van der Waals surface area contributed by atoms with Gasteiger partial charge in [0.15, 0.2) is 11.6 Å². The molecule has 1 aromatic heterocycles. The van der Waals surface area contributed by atoms with Crippen LogP contribution in [-0.2, 0) is 4.74 Å². The Morgan fingerprint density at radius 1 is 1.40 bits per heavy atom. The standard InChI is InChI=1S/C14H22N4O2/c1-3-11-7-5-6-10-18(11)13-9-8-12(16-17-13)15-14(19)20-4-2/h8-9,11H,3-7,10H2,1-2H3,(H,15,16,19). The molecule has 1 unspecified atom stereocenters. The third-order valence-electron chi connectivity index (χ3n) is 3.55. The molecule has 1 aliphatic heterocycles. The van der Waals surface area contributed by atoms with Gasteiger partial charge < -0.3 is 9.64 Å². The van der Waals surface area contributed by atoms with Crippen LogP contribution in [-0.4, -0.2) is 35.5 Å². The van der Waals surface area contributed by atoms with Crippen LogP contribution in [0.1, 0.15) is 39.5 Å². The van der Waals surface area contributed by atoms with E-state index in [1.807, 2.05) is 6.07 Å². The summed E-state index contributed by atoms with van der Waals surface area (Å²) in [5.74, 6) is 1.29. The normalized spacial score (nSPS) is 18.7. The number of ether oxygens (including phenoxy) is 1. The first-order chi connectivity index (χ1) is 9.74. The van der Waals surface area contributed by atoms with Gasteiger partial charge in [-0.15, -0.1) is 10.2 Å². The molecule has 20 heavy (non-hydrogen) atoms. The first-order valence-corrected chi connectivity index (χ1v) is 7.28. The van der Waals surface area contributed by atoms with Crippen LogP contribution in [0.4, 0.5) is 16.4 Å². The molecular formula is C14H22N4O2. The molecule has 0 spiro atoms. The predicted octanol–water partition coefficient (Wildman–Crippen LogP) is 2.81. The Kier molecular flexibility index (Phi) is 5.15. The van der Waals surface area contributed by atoms with Gasteiger partial charge in [0.05, 0.1) is 6.61 Å². The van der Waals surface area contributed by atoms with Gasteiger partial charge in [-0.1, -0.05) is 6.92 Å². The van der Waals surface area contributed by atoms with E-state index in [1.165, 1.54) is 19.3 Å². The van der Waals surface area contributed by atoms with Gasteiger partial charge in [0.25, 0.3) is 0 Å². The minimum atomic E-state index is -0.501. The lowest BCUT2D eigenvalue weighted by atomic mass is 10.0. The molecule has 1 aliphatic rings. The summed E-state index contributed by atoms with van der Waals surface area (Å²) in [6, 6.07) is 4.21. The summed E-state index contributed by atoms with van der Waals surface area (Å²) in [6.45, 7) is 5.32. The fourth-order valence-electron chi connectivity index (χ4n) is 2.54. The molecule has 0 saturated carbocycles. The summed E-state index contributed by atoms with van der Waals surface area (Å²) >= 11 is 0. The second-order valence-corrected chi connectivity index (χ2v) is 4.87. The van der Waals surface area contributed by atoms with Crippen LogP contribution < -0.4 is 10.2 Å². The smallest absolute Gasteiger partial charge is 0.412 e. The molecular weight excluding hydrogens is 256 g/mol. The number of piperidine rings is 1. The fraction of sp³-hybridized carbons (Fsp3) is 0.643. The van der Waals surface area contributed by atoms with E-state index >= 15 is 0 Å². The maximum absolute atomic E-state index is 11.3. The van der Waals surface area contributed by atoms with Gasteiger partial charge >= 0.3 is 6.09 Å². The summed E-state index contributed by atoms with van der Waals surface area (Å²) in [6.07, 6.45) is 4.30. The van der Waals surface area contributed by atoms with Crippen molar-refractivity contribution in [2.75, 3.05) is 23.4 Å². The van der Waals surface area contributed by atoms with Crippen LogP contribution in [0.2, 0.25) is 0 Å². The zero-order valence-corrected chi connectivity index (χ0v) is 12.1. The monoisotopic (exact) mass is 278 g/mol. The maximum atomic E-state index is 11.3. The Morgan fingerprint density at radius 3 is 2.90 bits per heavy atom. The van der Waals surface area contributed by atoms with Gasteiger partial charge in [-0.25, -0.2) is 4.79 Å². The average Bonchev–Trinajstić information content (AvgIpc) is 2.48. The van der Waals surface area contributed by atoms with Crippen LogP contribution in [0.3, 0.4) is 0 Å². The molecule has 6 heteroatoms. The zero-order valence-electron chi connectivity index (χ0n) is 12.1. The van der Waals surface area contributed by atoms with Crippen molar-refractivity contribution < 1.29 is 9.53 Å². The number of carbonyl (C=O) groups is 1. The number of nitrogens with zero attached hydrogens (tertiary/aromatic N) is 3. The Balaban J connectivity index is 2.01. The van der Waals surface area contributed by atoms with Crippen LogP contribution in [0.5, 0.6) is 0 Å². The van der Waals surface area contributed by atoms with Crippen LogP contribution in [0, 0.1) is 0 Å². The number of carbonyl (C=O) groups excluding carboxylic acids is 1. The van der Waals surface area contributed by atoms with Gasteiger partial charge in [-0.3, -0.25) is 5.32 Å². The zero-order chi connectivity index (χ0) is 14.4. The molecule has 1 amide bonds. The summed E-state index contributed by atoms with van der Waals surface area (Å²) in [7, 11) is 0. The highest BCUT2D eigenvalue weighted by Gasteiger charge is 2.22. The number of hydrogen-bond donors (Lipinski definition) is 1. The first-order valence-electron chi connectivity index (χ1n) is 7.28. The summed E-state index contributed by atoms with van der Waals surface area (Å²) in [5, 5.41) is 10.8. The molecule has 1 fully saturated rings. The second-order valence-electron chi connectivity index (χ2n) is 4.87. The minimum Gasteiger partial charge on any atom is -0.450 e. The van der Waals surface area contributed by atoms with Crippen LogP contribution in [0.25, 0.3) is 0 Å². The van der Waals surface area contributed by atoms with Gasteiger partial charge in [0.2, 0.25) is 0 Å². The van der Waals surface area contributed by atoms with Crippen molar-refractivity contribution >= 4 is 17.7 Å². The lowest BCUT2D eigenvalue weighted by Gasteiger charge is -2.35. The molecule has 1 aromatic rings. The summed E-state index contributed by atoms with van der Waals surface area (Å²) in [5.41, 5.74) is 0. The highest BCUT2D eigenvalue weighted by atomic mass is 16.5. The van der Waals surface area contributed by atoms with E-state index < -0.39 is 6.09 Å². The van der Waals surface area contributed by atoms with Crippen LogP contribution >= 0.6 is 0 Å². The maximum Gasteiger partial charge on any atom is 0.412 e. The molecule has 1 saturated heterocycles. The summed E-state index contributed by atoms with van der Waals surface area (Å²) < 4.78 is 4.80. The summed E-state index contributed by atoms with van der Waals surface area (Å²) in [4.78, 5) is 13.6. The van der Waals surface area contributed by atoms with Crippen molar-refractivity contribution in [3.05, 3.63) is 12.1 Å². The Morgan fingerprint density at radius 2 is 2.25 bits per heavy atom. The molecule has 0 aliphatic carbocycles. The average molecular weight is 278 g/mol.